The van der Waals surface area contributed by atoms with Crippen LogP contribution >= 0.6 is 11.8 Å². The van der Waals surface area contributed by atoms with Crippen LogP contribution in [0.25, 0.3) is 0 Å². The molecule has 1 aliphatic rings. The number of carbonyl (C=O) groups is 2. The maximum Gasteiger partial charge on any atom is 0.315 e. The van der Waals surface area contributed by atoms with E-state index in [9.17, 15) is 9.59 Å². The number of rotatable bonds is 5. The molecular formula is C10H18N2O3S. The average Bonchev–Trinajstić information content (AvgIpc) is 2.25. The maximum atomic E-state index is 11.4. The monoisotopic (exact) mass is 246 g/mol. The first-order valence-corrected chi connectivity index (χ1v) is 6.68. The summed E-state index contributed by atoms with van der Waals surface area (Å²) in [5.41, 5.74) is 0. The van der Waals surface area contributed by atoms with Crippen molar-refractivity contribution in [3.63, 3.8) is 0 Å². The lowest BCUT2D eigenvalue weighted by Gasteiger charge is -2.22. The molecule has 5 nitrogen and oxygen atoms in total. The number of carboxylic acids is 1. The number of carbonyl (C=O) groups excluding carboxylic acids is 1. The van der Waals surface area contributed by atoms with E-state index in [0.29, 0.717) is 13.0 Å². The smallest absolute Gasteiger partial charge is 0.315 e. The zero-order chi connectivity index (χ0) is 11.8. The second-order valence-electron chi connectivity index (χ2n) is 3.81. The number of nitrogens with one attached hydrogen (secondary N) is 2. The van der Waals surface area contributed by atoms with Crippen molar-refractivity contribution in [2.45, 2.75) is 31.7 Å². The van der Waals surface area contributed by atoms with Crippen LogP contribution in [0.4, 0.5) is 4.79 Å². The van der Waals surface area contributed by atoms with Gasteiger partial charge in [-0.3, -0.25) is 4.79 Å². The van der Waals surface area contributed by atoms with Crippen molar-refractivity contribution in [2.75, 3.05) is 18.1 Å². The van der Waals surface area contributed by atoms with Crippen LogP contribution in [0, 0.1) is 0 Å². The van der Waals surface area contributed by atoms with Crippen molar-refractivity contribution in [3.05, 3.63) is 0 Å². The number of hydrogen-bond acceptors (Lipinski definition) is 3. The van der Waals surface area contributed by atoms with Crippen LogP contribution in [-0.2, 0) is 4.79 Å². The molecule has 1 heterocycles. The minimum atomic E-state index is -0.828. The fourth-order valence-electron chi connectivity index (χ4n) is 1.53. The van der Waals surface area contributed by atoms with E-state index in [1.54, 1.807) is 0 Å². The predicted molar refractivity (Wildman–Crippen MR) is 63.8 cm³/mol. The first-order valence-electron chi connectivity index (χ1n) is 5.52. The molecule has 0 aromatic carbocycles. The summed E-state index contributed by atoms with van der Waals surface area (Å²) in [6.07, 6.45) is 2.76. The topological polar surface area (TPSA) is 78.4 Å². The van der Waals surface area contributed by atoms with Crippen LogP contribution in [0.1, 0.15) is 25.7 Å². The Hall–Kier alpha value is -0.910. The third-order valence-corrected chi connectivity index (χ3v) is 3.56. The predicted octanol–water partition coefficient (Wildman–Crippen LogP) is 1.05. The van der Waals surface area contributed by atoms with E-state index in [2.05, 4.69) is 10.6 Å². The highest BCUT2D eigenvalue weighted by atomic mass is 32.2. The Bertz CT molecular complexity index is 242. The SMILES string of the molecule is O=C(O)CCCNC(=O)NC1CCCSC1. The molecule has 0 saturated carbocycles. The number of urea groups is 1. The summed E-state index contributed by atoms with van der Waals surface area (Å²) < 4.78 is 0. The van der Waals surface area contributed by atoms with Crippen LogP contribution in [0.2, 0.25) is 0 Å². The van der Waals surface area contributed by atoms with E-state index in [0.717, 1.165) is 18.6 Å². The highest BCUT2D eigenvalue weighted by molar-refractivity contribution is 7.99. The van der Waals surface area contributed by atoms with Gasteiger partial charge in [0, 0.05) is 24.8 Å². The van der Waals surface area contributed by atoms with E-state index in [1.165, 1.54) is 5.75 Å². The zero-order valence-corrected chi connectivity index (χ0v) is 10.0. The summed E-state index contributed by atoms with van der Waals surface area (Å²) in [4.78, 5) is 21.6. The van der Waals surface area contributed by atoms with E-state index in [-0.39, 0.29) is 18.5 Å². The second-order valence-corrected chi connectivity index (χ2v) is 4.96. The highest BCUT2D eigenvalue weighted by Crippen LogP contribution is 2.16. The van der Waals surface area contributed by atoms with Gasteiger partial charge >= 0.3 is 12.0 Å². The maximum absolute atomic E-state index is 11.4. The Morgan fingerprint density at radius 2 is 2.25 bits per heavy atom. The van der Waals surface area contributed by atoms with Crippen LogP contribution < -0.4 is 10.6 Å². The lowest BCUT2D eigenvalue weighted by Crippen LogP contribution is -2.44. The molecule has 1 saturated heterocycles. The third kappa shape index (κ3) is 5.85. The van der Waals surface area contributed by atoms with E-state index in [1.807, 2.05) is 11.8 Å². The normalized spacial score (nSPS) is 20.1. The summed E-state index contributed by atoms with van der Waals surface area (Å²) in [5.74, 6) is 1.33. The lowest BCUT2D eigenvalue weighted by atomic mass is 10.2. The molecule has 0 radical (unpaired) electrons. The van der Waals surface area contributed by atoms with Gasteiger partial charge in [0.25, 0.3) is 0 Å². The molecule has 1 atom stereocenters. The van der Waals surface area contributed by atoms with Crippen LogP contribution in [0.15, 0.2) is 0 Å². The van der Waals surface area contributed by atoms with Gasteiger partial charge in [0.05, 0.1) is 0 Å². The van der Waals surface area contributed by atoms with Gasteiger partial charge in [-0.05, 0) is 25.0 Å². The molecule has 16 heavy (non-hydrogen) atoms. The van der Waals surface area contributed by atoms with Gasteiger partial charge < -0.3 is 15.7 Å². The lowest BCUT2D eigenvalue weighted by molar-refractivity contribution is -0.137. The first kappa shape index (κ1) is 13.2. The minimum absolute atomic E-state index is 0.0968. The fraction of sp³-hybridized carbons (Fsp3) is 0.800. The number of thioether (sulfide) groups is 1. The minimum Gasteiger partial charge on any atom is -0.481 e. The van der Waals surface area contributed by atoms with Crippen molar-refractivity contribution in [3.8, 4) is 0 Å². The van der Waals surface area contributed by atoms with Crippen LogP contribution in [-0.4, -0.2) is 41.2 Å². The summed E-state index contributed by atoms with van der Waals surface area (Å²) in [6, 6.07) is 0.0797. The number of carboxylic acid groups (broad SMARTS) is 1. The molecular weight excluding hydrogens is 228 g/mol. The number of hydrogen-bond donors (Lipinski definition) is 3. The third-order valence-electron chi connectivity index (χ3n) is 2.35. The Morgan fingerprint density at radius 3 is 2.88 bits per heavy atom. The molecule has 0 spiro atoms. The molecule has 1 rings (SSSR count). The van der Waals surface area contributed by atoms with Crippen molar-refractivity contribution in [1.82, 2.24) is 10.6 Å². The van der Waals surface area contributed by atoms with E-state index < -0.39 is 5.97 Å². The Morgan fingerprint density at radius 1 is 1.44 bits per heavy atom. The summed E-state index contributed by atoms with van der Waals surface area (Å²) in [7, 11) is 0. The Labute approximate surface area is 99.4 Å². The second kappa shape index (κ2) is 7.38. The summed E-state index contributed by atoms with van der Waals surface area (Å²) in [6.45, 7) is 0.415. The first-order chi connectivity index (χ1) is 7.68. The van der Waals surface area contributed by atoms with E-state index in [4.69, 9.17) is 5.11 Å². The van der Waals surface area contributed by atoms with Crippen molar-refractivity contribution in [1.29, 1.82) is 0 Å². The summed E-state index contributed by atoms with van der Waals surface area (Å²) in [5, 5.41) is 14.0. The van der Waals surface area contributed by atoms with Gasteiger partial charge in [0.15, 0.2) is 0 Å². The molecule has 6 heteroatoms. The van der Waals surface area contributed by atoms with Crippen LogP contribution in [0.3, 0.4) is 0 Å². The average molecular weight is 246 g/mol. The molecule has 0 aromatic heterocycles. The molecule has 0 bridgehead atoms. The van der Waals surface area contributed by atoms with Crippen molar-refractivity contribution < 1.29 is 14.7 Å². The van der Waals surface area contributed by atoms with Gasteiger partial charge in [0.1, 0.15) is 0 Å². The zero-order valence-electron chi connectivity index (χ0n) is 9.20. The Kier molecular flexibility index (Phi) is 6.07. The van der Waals surface area contributed by atoms with Gasteiger partial charge in [-0.25, -0.2) is 4.79 Å². The molecule has 2 amide bonds. The molecule has 3 N–H and O–H groups in total. The fourth-order valence-corrected chi connectivity index (χ4v) is 2.60. The molecule has 1 unspecified atom stereocenters. The van der Waals surface area contributed by atoms with E-state index >= 15 is 0 Å². The molecule has 1 aliphatic heterocycles. The number of amides is 2. The number of aliphatic carboxylic acids is 1. The van der Waals surface area contributed by atoms with Gasteiger partial charge in [0.2, 0.25) is 0 Å². The van der Waals surface area contributed by atoms with Gasteiger partial charge in [-0.2, -0.15) is 11.8 Å². The van der Waals surface area contributed by atoms with Gasteiger partial charge in [-0.15, -0.1) is 0 Å². The quantitative estimate of drug-likeness (QED) is 0.633. The largest absolute Gasteiger partial charge is 0.481 e. The Balaban J connectivity index is 2.03. The van der Waals surface area contributed by atoms with Gasteiger partial charge in [-0.1, -0.05) is 0 Å². The standard InChI is InChI=1S/C10H18N2O3S/c13-9(14)4-1-5-11-10(15)12-8-3-2-6-16-7-8/h8H,1-7H2,(H,13,14)(H2,11,12,15). The summed E-state index contributed by atoms with van der Waals surface area (Å²) >= 11 is 1.86. The molecule has 0 aliphatic carbocycles. The molecule has 1 fully saturated rings. The molecule has 92 valence electrons. The van der Waals surface area contributed by atoms with Crippen LogP contribution in [0.5, 0.6) is 0 Å². The van der Waals surface area contributed by atoms with Crippen molar-refractivity contribution >= 4 is 23.8 Å². The van der Waals surface area contributed by atoms with Crippen molar-refractivity contribution in [2.24, 2.45) is 0 Å². The highest BCUT2D eigenvalue weighted by Gasteiger charge is 2.15. The molecule has 0 aromatic rings.